The van der Waals surface area contributed by atoms with Crippen LogP contribution in [0.5, 0.6) is 5.75 Å². The van der Waals surface area contributed by atoms with E-state index in [-0.39, 0.29) is 0 Å². The van der Waals surface area contributed by atoms with Gasteiger partial charge in [-0.15, -0.1) is 0 Å². The molecule has 27 heavy (non-hydrogen) atoms. The fourth-order valence-electron chi connectivity index (χ4n) is 2.98. The van der Waals surface area contributed by atoms with Crippen LogP contribution in [0.15, 0.2) is 54.6 Å². The van der Waals surface area contributed by atoms with Gasteiger partial charge in [-0.25, -0.2) is 0 Å². The summed E-state index contributed by atoms with van der Waals surface area (Å²) in [5.74, 6) is 1.61. The Kier molecular flexibility index (Phi) is 9.42. The van der Waals surface area contributed by atoms with Crippen molar-refractivity contribution in [1.29, 1.82) is 5.41 Å². The molecule has 0 amide bonds. The first-order chi connectivity index (χ1) is 13.2. The van der Waals surface area contributed by atoms with Crippen LogP contribution in [0.1, 0.15) is 11.1 Å². The van der Waals surface area contributed by atoms with Crippen molar-refractivity contribution in [1.82, 2.24) is 9.80 Å². The molecule has 0 aliphatic carbocycles. The second-order valence-electron chi connectivity index (χ2n) is 6.22. The first-order valence-corrected chi connectivity index (χ1v) is 9.46. The van der Waals surface area contributed by atoms with E-state index in [0.717, 1.165) is 44.0 Å². The molecular formula is C20H25Cl2N3O2. The van der Waals surface area contributed by atoms with Gasteiger partial charge in [0.1, 0.15) is 18.2 Å². The molecule has 0 radical (unpaired) electrons. The standard InChI is InChI=1S/C20H25N3O.Cl2O/c1-17-7-5-6-10-19(17)24-16-15-22-11-13-23(14-12-22)20(21)18-8-3-2-4-9-18;1-3-2/h2-10,21H,11-16H2,1H3;. The van der Waals surface area contributed by atoms with Crippen molar-refractivity contribution < 1.29 is 8.58 Å². The lowest BCUT2D eigenvalue weighted by atomic mass is 10.1. The largest absolute Gasteiger partial charge is 0.492 e. The molecule has 1 saturated heterocycles. The number of rotatable bonds is 5. The van der Waals surface area contributed by atoms with E-state index in [1.54, 1.807) is 0 Å². The second-order valence-corrected chi connectivity index (χ2v) is 6.68. The molecular weight excluding hydrogens is 385 g/mol. The van der Waals surface area contributed by atoms with Crippen molar-refractivity contribution in [2.75, 3.05) is 39.3 Å². The first kappa shape index (κ1) is 21.5. The molecule has 7 heteroatoms. The van der Waals surface area contributed by atoms with E-state index in [1.165, 1.54) is 5.56 Å². The number of amidine groups is 1. The van der Waals surface area contributed by atoms with Gasteiger partial charge in [-0.1, -0.05) is 48.5 Å². The fraction of sp³-hybridized carbons (Fsp3) is 0.350. The molecule has 0 atom stereocenters. The van der Waals surface area contributed by atoms with Gasteiger partial charge in [0.15, 0.2) is 0 Å². The van der Waals surface area contributed by atoms with Crippen molar-refractivity contribution in [3.8, 4) is 5.75 Å². The van der Waals surface area contributed by atoms with Crippen LogP contribution in [-0.4, -0.2) is 55.0 Å². The third-order valence-electron chi connectivity index (χ3n) is 4.49. The molecule has 2 aromatic carbocycles. The van der Waals surface area contributed by atoms with E-state index in [9.17, 15) is 0 Å². The molecule has 0 bridgehead atoms. The summed E-state index contributed by atoms with van der Waals surface area (Å²) in [6.45, 7) is 7.47. The minimum absolute atomic E-state index is 0.631. The molecule has 0 spiro atoms. The van der Waals surface area contributed by atoms with Crippen molar-refractivity contribution in [3.05, 3.63) is 65.7 Å². The summed E-state index contributed by atoms with van der Waals surface area (Å²) in [5, 5.41) is 8.35. The predicted octanol–water partition coefficient (Wildman–Crippen LogP) is 4.33. The maximum atomic E-state index is 8.35. The summed E-state index contributed by atoms with van der Waals surface area (Å²) in [7, 11) is 0. The number of benzene rings is 2. The van der Waals surface area contributed by atoms with E-state index < -0.39 is 0 Å². The van der Waals surface area contributed by atoms with Crippen LogP contribution >= 0.6 is 23.7 Å². The molecule has 1 fully saturated rings. The molecule has 0 aromatic heterocycles. The Morgan fingerprint density at radius 1 is 0.963 bits per heavy atom. The third kappa shape index (κ3) is 7.03. The first-order valence-electron chi connectivity index (χ1n) is 8.84. The average Bonchev–Trinajstić information content (AvgIpc) is 2.71. The van der Waals surface area contributed by atoms with Crippen molar-refractivity contribution in [2.24, 2.45) is 0 Å². The Morgan fingerprint density at radius 3 is 2.19 bits per heavy atom. The summed E-state index contributed by atoms with van der Waals surface area (Å²) < 4.78 is 9.08. The molecule has 1 N–H and O–H groups in total. The van der Waals surface area contributed by atoms with E-state index in [4.69, 9.17) is 10.1 Å². The van der Waals surface area contributed by atoms with E-state index >= 15 is 0 Å². The number of piperazine rings is 1. The Hall–Kier alpha value is -1.79. The third-order valence-corrected chi connectivity index (χ3v) is 4.49. The maximum Gasteiger partial charge on any atom is 0.128 e. The zero-order chi connectivity index (χ0) is 19.5. The van der Waals surface area contributed by atoms with Crippen molar-refractivity contribution >= 4 is 29.6 Å². The molecule has 146 valence electrons. The van der Waals surface area contributed by atoms with Crippen molar-refractivity contribution in [2.45, 2.75) is 6.92 Å². The van der Waals surface area contributed by atoms with Crippen LogP contribution in [0.4, 0.5) is 0 Å². The fourth-order valence-corrected chi connectivity index (χ4v) is 2.98. The Bertz CT molecular complexity index is 693. The zero-order valence-electron chi connectivity index (χ0n) is 15.4. The lowest BCUT2D eigenvalue weighted by Crippen LogP contribution is -2.49. The van der Waals surface area contributed by atoms with Gasteiger partial charge in [-0.3, -0.25) is 10.3 Å². The van der Waals surface area contributed by atoms with Crippen LogP contribution in [0, 0.1) is 12.3 Å². The summed E-state index contributed by atoms with van der Waals surface area (Å²) in [4.78, 5) is 4.57. The lowest BCUT2D eigenvalue weighted by Gasteiger charge is -2.36. The van der Waals surface area contributed by atoms with E-state index in [2.05, 4.69) is 50.4 Å². The minimum atomic E-state index is 0.631. The van der Waals surface area contributed by atoms with E-state index in [1.807, 2.05) is 48.5 Å². The van der Waals surface area contributed by atoms with Crippen LogP contribution in [0.25, 0.3) is 0 Å². The highest BCUT2D eigenvalue weighted by atomic mass is 35.6. The number of hydrogen-bond donors (Lipinski definition) is 1. The molecule has 1 aliphatic heterocycles. The second kappa shape index (κ2) is 11.8. The number of nitrogens with zero attached hydrogens (tertiary/aromatic N) is 2. The quantitative estimate of drug-likeness (QED) is 0.589. The lowest BCUT2D eigenvalue weighted by molar-refractivity contribution is 0.154. The Morgan fingerprint density at radius 2 is 1.56 bits per heavy atom. The highest BCUT2D eigenvalue weighted by Gasteiger charge is 2.19. The molecule has 1 aliphatic rings. The van der Waals surface area contributed by atoms with Gasteiger partial charge in [0.25, 0.3) is 0 Å². The van der Waals surface area contributed by atoms with Crippen LogP contribution < -0.4 is 4.74 Å². The maximum absolute atomic E-state index is 8.35. The number of ether oxygens (including phenoxy) is 1. The highest BCUT2D eigenvalue weighted by Crippen LogP contribution is 2.16. The Labute approximate surface area is 171 Å². The molecule has 2 aromatic rings. The number of hydrogen-bond acceptors (Lipinski definition) is 4. The monoisotopic (exact) mass is 409 g/mol. The van der Waals surface area contributed by atoms with Gasteiger partial charge < -0.3 is 9.64 Å². The smallest absolute Gasteiger partial charge is 0.128 e. The van der Waals surface area contributed by atoms with Crippen molar-refractivity contribution in [3.63, 3.8) is 0 Å². The predicted molar refractivity (Wildman–Crippen MR) is 111 cm³/mol. The SMILES string of the molecule is Cc1ccccc1OCCN1CCN(C(=N)c2ccccc2)CC1.ClOCl. The van der Waals surface area contributed by atoms with Gasteiger partial charge in [0, 0.05) is 38.3 Å². The summed E-state index contributed by atoms with van der Waals surface area (Å²) in [6.07, 6.45) is 0. The molecule has 0 unspecified atom stereocenters. The van der Waals surface area contributed by atoms with Gasteiger partial charge in [0.2, 0.25) is 0 Å². The van der Waals surface area contributed by atoms with Gasteiger partial charge in [-0.05, 0) is 18.6 Å². The van der Waals surface area contributed by atoms with E-state index in [0.29, 0.717) is 12.4 Å². The summed E-state index contributed by atoms with van der Waals surface area (Å²) >= 11 is 8.53. The summed E-state index contributed by atoms with van der Waals surface area (Å²) in [5.41, 5.74) is 2.17. The van der Waals surface area contributed by atoms with Gasteiger partial charge >= 0.3 is 0 Å². The number of aryl methyl sites for hydroxylation is 1. The van der Waals surface area contributed by atoms with Crippen LogP contribution in [0.3, 0.4) is 0 Å². The van der Waals surface area contributed by atoms with Gasteiger partial charge in [0.05, 0.1) is 23.7 Å². The van der Waals surface area contributed by atoms with Gasteiger partial charge in [-0.2, -0.15) is 3.84 Å². The number of para-hydroxylation sites is 1. The topological polar surface area (TPSA) is 48.8 Å². The molecule has 1 heterocycles. The molecule has 0 saturated carbocycles. The Balaban J connectivity index is 0.000000817. The highest BCUT2D eigenvalue weighted by molar-refractivity contribution is 6.24. The zero-order valence-corrected chi connectivity index (χ0v) is 16.9. The minimum Gasteiger partial charge on any atom is -0.492 e. The number of halogens is 2. The molecule has 5 nitrogen and oxygen atoms in total. The number of nitrogens with one attached hydrogen (secondary N) is 1. The summed E-state index contributed by atoms with van der Waals surface area (Å²) in [6, 6.07) is 18.1. The van der Waals surface area contributed by atoms with Crippen LogP contribution in [-0.2, 0) is 3.84 Å². The average molecular weight is 410 g/mol. The normalized spacial score (nSPS) is 14.3. The molecule has 3 rings (SSSR count). The van der Waals surface area contributed by atoms with Crippen LogP contribution in [0.2, 0.25) is 0 Å².